The van der Waals surface area contributed by atoms with E-state index >= 15 is 0 Å². The minimum Gasteiger partial charge on any atom is -0.469 e. The summed E-state index contributed by atoms with van der Waals surface area (Å²) < 4.78 is 4.79. The van der Waals surface area contributed by atoms with Crippen molar-refractivity contribution in [1.82, 2.24) is 9.97 Å². The quantitative estimate of drug-likeness (QED) is 0.706. The van der Waals surface area contributed by atoms with Crippen molar-refractivity contribution in [3.8, 4) is 0 Å². The maximum atomic E-state index is 11.6. The van der Waals surface area contributed by atoms with Crippen LogP contribution in [0.25, 0.3) is 0 Å². The van der Waals surface area contributed by atoms with Crippen molar-refractivity contribution in [2.75, 3.05) is 36.6 Å². The van der Waals surface area contributed by atoms with Crippen molar-refractivity contribution in [2.24, 2.45) is 11.8 Å². The fourth-order valence-electron chi connectivity index (χ4n) is 2.25. The van der Waals surface area contributed by atoms with E-state index in [9.17, 15) is 4.79 Å². The second-order valence-corrected chi connectivity index (χ2v) is 4.52. The number of methoxy groups -OCH3 is 1. The Morgan fingerprint density at radius 3 is 2.78 bits per heavy atom. The van der Waals surface area contributed by atoms with Gasteiger partial charge in [0.25, 0.3) is 0 Å². The zero-order valence-corrected chi connectivity index (χ0v) is 10.5. The van der Waals surface area contributed by atoms with Crippen LogP contribution in [0.2, 0.25) is 0 Å². The number of nitrogens with two attached hydrogens (primary N) is 2. The van der Waals surface area contributed by atoms with Crippen LogP contribution in [-0.4, -0.2) is 36.1 Å². The number of rotatable bonds is 2. The third kappa shape index (κ3) is 2.29. The zero-order chi connectivity index (χ0) is 13.3. The predicted molar refractivity (Wildman–Crippen MR) is 67.7 cm³/mol. The molecule has 1 fully saturated rings. The van der Waals surface area contributed by atoms with Gasteiger partial charge in [-0.1, -0.05) is 6.92 Å². The number of hydrogen-bond donors (Lipinski definition) is 2. The van der Waals surface area contributed by atoms with Crippen LogP contribution in [0.1, 0.15) is 6.92 Å². The zero-order valence-electron chi connectivity index (χ0n) is 10.5. The van der Waals surface area contributed by atoms with Crippen molar-refractivity contribution < 1.29 is 9.53 Å². The Morgan fingerprint density at radius 1 is 1.44 bits per heavy atom. The molecule has 2 heterocycles. The van der Waals surface area contributed by atoms with Crippen LogP contribution in [0.4, 0.5) is 17.6 Å². The van der Waals surface area contributed by atoms with Crippen molar-refractivity contribution >= 4 is 23.6 Å². The highest BCUT2D eigenvalue weighted by atomic mass is 16.5. The van der Waals surface area contributed by atoms with E-state index in [-0.39, 0.29) is 23.8 Å². The van der Waals surface area contributed by atoms with Gasteiger partial charge in [-0.05, 0) is 5.92 Å². The summed E-state index contributed by atoms with van der Waals surface area (Å²) in [5.41, 5.74) is 11.2. The van der Waals surface area contributed by atoms with Crippen LogP contribution in [0, 0.1) is 11.8 Å². The summed E-state index contributed by atoms with van der Waals surface area (Å²) in [6.07, 6.45) is 0. The highest BCUT2D eigenvalue weighted by Gasteiger charge is 2.36. The van der Waals surface area contributed by atoms with E-state index in [0.717, 1.165) is 6.54 Å². The first-order valence-corrected chi connectivity index (χ1v) is 5.74. The van der Waals surface area contributed by atoms with Crippen LogP contribution >= 0.6 is 0 Å². The molecule has 0 saturated carbocycles. The Morgan fingerprint density at radius 2 is 2.17 bits per heavy atom. The normalized spacial score (nSPS) is 23.1. The van der Waals surface area contributed by atoms with Gasteiger partial charge in [-0.25, -0.2) is 0 Å². The van der Waals surface area contributed by atoms with E-state index < -0.39 is 0 Å². The average molecular weight is 251 g/mol. The molecule has 1 saturated heterocycles. The van der Waals surface area contributed by atoms with Crippen LogP contribution in [0.15, 0.2) is 6.07 Å². The number of carbonyl (C=O) groups is 1. The number of nitrogen functional groups attached to an aromatic ring is 2. The Labute approximate surface area is 105 Å². The molecule has 0 aromatic carbocycles. The van der Waals surface area contributed by atoms with Crippen LogP contribution < -0.4 is 16.4 Å². The summed E-state index contributed by atoms with van der Waals surface area (Å²) in [5, 5.41) is 0. The minimum absolute atomic E-state index is 0.138. The lowest BCUT2D eigenvalue weighted by Gasteiger charge is -2.17. The molecular formula is C11H17N5O2. The van der Waals surface area contributed by atoms with E-state index in [1.165, 1.54) is 7.11 Å². The largest absolute Gasteiger partial charge is 0.469 e. The maximum absolute atomic E-state index is 11.6. The van der Waals surface area contributed by atoms with Gasteiger partial charge < -0.3 is 21.1 Å². The smallest absolute Gasteiger partial charge is 0.310 e. The Hall–Kier alpha value is -2.05. The van der Waals surface area contributed by atoms with E-state index in [1.54, 1.807) is 6.07 Å². The van der Waals surface area contributed by atoms with E-state index in [1.807, 2.05) is 11.8 Å². The molecule has 0 amide bonds. The number of carbonyl (C=O) groups excluding carboxylic acids is 1. The number of nitrogens with zero attached hydrogens (tertiary/aromatic N) is 3. The molecule has 0 spiro atoms. The average Bonchev–Trinajstić information content (AvgIpc) is 2.69. The van der Waals surface area contributed by atoms with Crippen molar-refractivity contribution in [3.63, 3.8) is 0 Å². The molecule has 2 atom stereocenters. The molecule has 7 nitrogen and oxygen atoms in total. The molecule has 1 aromatic rings. The summed E-state index contributed by atoms with van der Waals surface area (Å²) in [6, 6.07) is 1.66. The van der Waals surface area contributed by atoms with E-state index in [4.69, 9.17) is 16.2 Å². The number of esters is 1. The highest BCUT2D eigenvalue weighted by Crippen LogP contribution is 2.28. The summed E-state index contributed by atoms with van der Waals surface area (Å²) >= 11 is 0. The van der Waals surface area contributed by atoms with Gasteiger partial charge in [-0.3, -0.25) is 4.79 Å². The van der Waals surface area contributed by atoms with E-state index in [2.05, 4.69) is 9.97 Å². The molecule has 98 valence electrons. The molecule has 0 radical (unpaired) electrons. The molecule has 1 aliphatic rings. The van der Waals surface area contributed by atoms with E-state index in [0.29, 0.717) is 18.2 Å². The Kier molecular flexibility index (Phi) is 3.22. The third-order valence-corrected chi connectivity index (χ3v) is 3.19. The lowest BCUT2D eigenvalue weighted by molar-refractivity contribution is -0.145. The second-order valence-electron chi connectivity index (χ2n) is 4.52. The fraction of sp³-hybridized carbons (Fsp3) is 0.545. The molecule has 2 unspecified atom stereocenters. The SMILES string of the molecule is COC(=O)C1CN(c2cc(N)nc(N)n2)CC1C. The highest BCUT2D eigenvalue weighted by molar-refractivity contribution is 5.74. The molecule has 4 N–H and O–H groups in total. The lowest BCUT2D eigenvalue weighted by Crippen LogP contribution is -2.25. The monoisotopic (exact) mass is 251 g/mol. The number of aromatic nitrogens is 2. The first kappa shape index (κ1) is 12.4. The Balaban J connectivity index is 2.19. The predicted octanol–water partition coefficient (Wildman–Crippen LogP) is -0.114. The van der Waals surface area contributed by atoms with Crippen molar-refractivity contribution in [3.05, 3.63) is 6.07 Å². The molecule has 1 aromatic heterocycles. The third-order valence-electron chi connectivity index (χ3n) is 3.19. The topological polar surface area (TPSA) is 107 Å². The van der Waals surface area contributed by atoms with Crippen LogP contribution in [0.5, 0.6) is 0 Å². The van der Waals surface area contributed by atoms with Gasteiger partial charge in [0.1, 0.15) is 11.6 Å². The van der Waals surface area contributed by atoms with Gasteiger partial charge in [0.15, 0.2) is 0 Å². The van der Waals surface area contributed by atoms with Gasteiger partial charge in [0.2, 0.25) is 5.95 Å². The molecular weight excluding hydrogens is 234 g/mol. The molecule has 1 aliphatic heterocycles. The summed E-state index contributed by atoms with van der Waals surface area (Å²) in [4.78, 5) is 21.5. The number of ether oxygens (including phenoxy) is 1. The van der Waals surface area contributed by atoms with Crippen molar-refractivity contribution in [1.29, 1.82) is 0 Å². The van der Waals surface area contributed by atoms with Crippen LogP contribution in [0.3, 0.4) is 0 Å². The lowest BCUT2D eigenvalue weighted by atomic mass is 9.99. The summed E-state index contributed by atoms with van der Waals surface area (Å²) in [7, 11) is 1.40. The number of anilines is 3. The minimum atomic E-state index is -0.194. The summed E-state index contributed by atoms with van der Waals surface area (Å²) in [6.45, 7) is 3.29. The summed E-state index contributed by atoms with van der Waals surface area (Å²) in [5.74, 6) is 0.978. The molecule has 0 aliphatic carbocycles. The van der Waals surface area contributed by atoms with Gasteiger partial charge in [0.05, 0.1) is 13.0 Å². The fourth-order valence-corrected chi connectivity index (χ4v) is 2.25. The van der Waals surface area contributed by atoms with Gasteiger partial charge >= 0.3 is 5.97 Å². The maximum Gasteiger partial charge on any atom is 0.310 e. The first-order valence-electron chi connectivity index (χ1n) is 5.74. The molecule has 18 heavy (non-hydrogen) atoms. The molecule has 2 rings (SSSR count). The van der Waals surface area contributed by atoms with Gasteiger partial charge in [0, 0.05) is 19.2 Å². The molecule has 0 bridgehead atoms. The van der Waals surface area contributed by atoms with Crippen molar-refractivity contribution in [2.45, 2.75) is 6.92 Å². The van der Waals surface area contributed by atoms with Gasteiger partial charge in [-0.15, -0.1) is 0 Å². The van der Waals surface area contributed by atoms with Gasteiger partial charge in [-0.2, -0.15) is 9.97 Å². The Bertz CT molecular complexity index is 444. The first-order chi connectivity index (χ1) is 8.51. The molecule has 7 heteroatoms. The standard InChI is InChI=1S/C11H17N5O2/c1-6-4-16(5-7(6)10(17)18-2)9-3-8(12)14-11(13)15-9/h3,6-7H,4-5H2,1-2H3,(H4,12,13,14,15). The second kappa shape index (κ2) is 4.67. The number of hydrogen-bond acceptors (Lipinski definition) is 7. The van der Waals surface area contributed by atoms with Crippen LogP contribution in [-0.2, 0) is 9.53 Å².